The van der Waals surface area contributed by atoms with E-state index < -0.39 is 0 Å². The van der Waals surface area contributed by atoms with Crippen LogP contribution in [0.25, 0.3) is 0 Å². The summed E-state index contributed by atoms with van der Waals surface area (Å²) >= 11 is 0. The van der Waals surface area contributed by atoms with E-state index in [1.54, 1.807) is 7.05 Å². The van der Waals surface area contributed by atoms with Crippen molar-refractivity contribution in [2.45, 2.75) is 27.2 Å². The Bertz CT molecular complexity index is 467. The molecule has 1 rings (SSSR count). The quantitative estimate of drug-likeness (QED) is 0.249. The van der Waals surface area contributed by atoms with Crippen LogP contribution in [0, 0.1) is 12.8 Å². The third-order valence-corrected chi connectivity index (χ3v) is 3.18. The van der Waals surface area contributed by atoms with Crippen LogP contribution in [0.3, 0.4) is 0 Å². The molecule has 0 atom stereocenters. The molecule has 0 aliphatic rings. The van der Waals surface area contributed by atoms with E-state index in [2.05, 4.69) is 29.5 Å². The number of para-hydroxylation sites is 1. The Labute approximate surface area is 163 Å². The molecule has 0 fully saturated rings. The monoisotopic (exact) mass is 449 g/mol. The third-order valence-electron chi connectivity index (χ3n) is 3.18. The Morgan fingerprint density at radius 3 is 2.50 bits per heavy atom. The second kappa shape index (κ2) is 14.3. The first kappa shape index (κ1) is 23.0. The van der Waals surface area contributed by atoms with Crippen LogP contribution in [0.5, 0.6) is 5.75 Å². The third kappa shape index (κ3) is 10.7. The molecule has 0 aliphatic carbocycles. The van der Waals surface area contributed by atoms with Gasteiger partial charge in [0.2, 0.25) is 0 Å². The highest BCUT2D eigenvalue weighted by atomic mass is 127. The van der Waals surface area contributed by atoms with Gasteiger partial charge in [0.1, 0.15) is 12.4 Å². The summed E-state index contributed by atoms with van der Waals surface area (Å²) in [5.74, 6) is 2.31. The highest BCUT2D eigenvalue weighted by Crippen LogP contribution is 2.15. The van der Waals surface area contributed by atoms with Gasteiger partial charge in [0.05, 0.1) is 6.54 Å². The van der Waals surface area contributed by atoms with Gasteiger partial charge in [-0.2, -0.15) is 0 Å². The minimum Gasteiger partial charge on any atom is -0.491 e. The maximum absolute atomic E-state index is 5.75. The summed E-state index contributed by atoms with van der Waals surface area (Å²) < 4.78 is 11.3. The van der Waals surface area contributed by atoms with Crippen molar-refractivity contribution >= 4 is 29.9 Å². The topological polar surface area (TPSA) is 54.9 Å². The van der Waals surface area contributed by atoms with E-state index >= 15 is 0 Å². The number of guanidine groups is 1. The molecule has 0 saturated heterocycles. The molecule has 0 aromatic heterocycles. The number of hydrogen-bond donors (Lipinski definition) is 2. The molecular formula is C18H32IN3O2. The summed E-state index contributed by atoms with van der Waals surface area (Å²) in [4.78, 5) is 4.19. The fraction of sp³-hybridized carbons (Fsp3) is 0.611. The first-order valence-electron chi connectivity index (χ1n) is 8.34. The van der Waals surface area contributed by atoms with Crippen LogP contribution in [0.2, 0.25) is 0 Å². The summed E-state index contributed by atoms with van der Waals surface area (Å²) in [6.45, 7) is 10.1. The molecule has 5 nitrogen and oxygen atoms in total. The molecule has 138 valence electrons. The van der Waals surface area contributed by atoms with E-state index in [9.17, 15) is 0 Å². The van der Waals surface area contributed by atoms with E-state index in [1.807, 2.05) is 31.2 Å². The number of halogens is 1. The molecule has 0 radical (unpaired) electrons. The molecule has 0 heterocycles. The molecule has 0 amide bonds. The number of aliphatic imine (C=N–C) groups is 1. The molecular weight excluding hydrogens is 417 g/mol. The van der Waals surface area contributed by atoms with Crippen molar-refractivity contribution in [3.05, 3.63) is 29.8 Å². The lowest BCUT2D eigenvalue weighted by atomic mass is 10.2. The fourth-order valence-corrected chi connectivity index (χ4v) is 1.97. The van der Waals surface area contributed by atoms with Crippen LogP contribution in [0.1, 0.15) is 25.8 Å². The number of nitrogens with zero attached hydrogens (tertiary/aromatic N) is 1. The summed E-state index contributed by atoms with van der Waals surface area (Å²) in [6.07, 6.45) is 0.965. The van der Waals surface area contributed by atoms with Crippen molar-refractivity contribution < 1.29 is 9.47 Å². The summed E-state index contributed by atoms with van der Waals surface area (Å²) in [5, 5.41) is 6.51. The lowest BCUT2D eigenvalue weighted by Crippen LogP contribution is -2.39. The second-order valence-electron chi connectivity index (χ2n) is 5.86. The molecule has 24 heavy (non-hydrogen) atoms. The number of rotatable bonds is 10. The van der Waals surface area contributed by atoms with Crippen LogP contribution in [0.4, 0.5) is 0 Å². The van der Waals surface area contributed by atoms with Gasteiger partial charge in [0.15, 0.2) is 5.96 Å². The van der Waals surface area contributed by atoms with Gasteiger partial charge < -0.3 is 20.1 Å². The minimum absolute atomic E-state index is 0. The zero-order valence-corrected chi connectivity index (χ0v) is 17.6. The lowest BCUT2D eigenvalue weighted by Gasteiger charge is -2.13. The van der Waals surface area contributed by atoms with Gasteiger partial charge in [-0.05, 0) is 30.9 Å². The van der Waals surface area contributed by atoms with Crippen LogP contribution in [0.15, 0.2) is 29.3 Å². The fourth-order valence-electron chi connectivity index (χ4n) is 1.97. The molecule has 0 aliphatic heterocycles. The SMILES string of the molecule is CN=C(NCCCOCC(C)C)NCCOc1ccccc1C.I. The Kier molecular flexibility index (Phi) is 13.7. The normalized spacial score (nSPS) is 11.1. The number of ether oxygens (including phenoxy) is 2. The van der Waals surface area contributed by atoms with Crippen LogP contribution < -0.4 is 15.4 Å². The Morgan fingerprint density at radius 1 is 1.12 bits per heavy atom. The Balaban J connectivity index is 0.00000529. The molecule has 6 heteroatoms. The van der Waals surface area contributed by atoms with Crippen molar-refractivity contribution in [3.63, 3.8) is 0 Å². The van der Waals surface area contributed by atoms with Gasteiger partial charge in [-0.3, -0.25) is 4.99 Å². The highest BCUT2D eigenvalue weighted by Gasteiger charge is 2.00. The van der Waals surface area contributed by atoms with Crippen LogP contribution >= 0.6 is 24.0 Å². The standard InChI is InChI=1S/C18H31N3O2.HI/c1-15(2)14-22-12-7-10-20-18(19-4)21-11-13-23-17-9-6-5-8-16(17)3;/h5-6,8-9,15H,7,10-14H2,1-4H3,(H2,19,20,21);1H. The maximum Gasteiger partial charge on any atom is 0.191 e. The molecule has 0 bridgehead atoms. The van der Waals surface area contributed by atoms with Crippen molar-refractivity contribution in [2.24, 2.45) is 10.9 Å². The van der Waals surface area contributed by atoms with Crippen molar-refractivity contribution in [1.29, 1.82) is 0 Å². The van der Waals surface area contributed by atoms with Gasteiger partial charge >= 0.3 is 0 Å². The summed E-state index contributed by atoms with van der Waals surface area (Å²) in [6, 6.07) is 8.03. The Hall–Kier alpha value is -1.02. The van der Waals surface area contributed by atoms with Gasteiger partial charge in [0.25, 0.3) is 0 Å². The predicted molar refractivity (Wildman–Crippen MR) is 112 cm³/mol. The van der Waals surface area contributed by atoms with E-state index in [1.165, 1.54) is 0 Å². The summed E-state index contributed by atoms with van der Waals surface area (Å²) in [5.41, 5.74) is 1.15. The second-order valence-corrected chi connectivity index (χ2v) is 5.86. The Morgan fingerprint density at radius 2 is 1.83 bits per heavy atom. The molecule has 1 aromatic rings. The van der Waals surface area contributed by atoms with Crippen LogP contribution in [-0.2, 0) is 4.74 Å². The number of benzene rings is 1. The zero-order valence-electron chi connectivity index (χ0n) is 15.3. The van der Waals surface area contributed by atoms with Crippen LogP contribution in [-0.4, -0.2) is 45.9 Å². The number of nitrogens with one attached hydrogen (secondary N) is 2. The van der Waals surface area contributed by atoms with Crippen molar-refractivity contribution in [3.8, 4) is 5.75 Å². The molecule has 2 N–H and O–H groups in total. The van der Waals surface area contributed by atoms with E-state index in [0.717, 1.165) is 43.5 Å². The zero-order chi connectivity index (χ0) is 16.9. The summed E-state index contributed by atoms with van der Waals surface area (Å²) in [7, 11) is 1.77. The highest BCUT2D eigenvalue weighted by molar-refractivity contribution is 14.0. The predicted octanol–water partition coefficient (Wildman–Crippen LogP) is 3.22. The van der Waals surface area contributed by atoms with Gasteiger partial charge in [-0.1, -0.05) is 32.0 Å². The first-order valence-corrected chi connectivity index (χ1v) is 8.34. The molecule has 1 aromatic carbocycles. The average molecular weight is 449 g/mol. The molecule has 0 saturated carbocycles. The van der Waals surface area contributed by atoms with E-state index in [-0.39, 0.29) is 24.0 Å². The van der Waals surface area contributed by atoms with Crippen molar-refractivity contribution in [1.82, 2.24) is 10.6 Å². The van der Waals surface area contributed by atoms with Crippen molar-refractivity contribution in [2.75, 3.05) is 40.0 Å². The largest absolute Gasteiger partial charge is 0.491 e. The van der Waals surface area contributed by atoms with Gasteiger partial charge in [-0.25, -0.2) is 0 Å². The maximum atomic E-state index is 5.75. The smallest absolute Gasteiger partial charge is 0.191 e. The lowest BCUT2D eigenvalue weighted by molar-refractivity contribution is 0.108. The number of aryl methyl sites for hydroxylation is 1. The first-order chi connectivity index (χ1) is 11.1. The molecule has 0 unspecified atom stereocenters. The van der Waals surface area contributed by atoms with E-state index in [0.29, 0.717) is 19.1 Å². The van der Waals surface area contributed by atoms with E-state index in [4.69, 9.17) is 9.47 Å². The minimum atomic E-state index is 0. The number of hydrogen-bond acceptors (Lipinski definition) is 3. The van der Waals surface area contributed by atoms with Gasteiger partial charge in [-0.15, -0.1) is 24.0 Å². The average Bonchev–Trinajstić information content (AvgIpc) is 2.53. The molecule has 0 spiro atoms. The van der Waals surface area contributed by atoms with Gasteiger partial charge in [0, 0.05) is 26.8 Å².